The van der Waals surface area contributed by atoms with Crippen molar-refractivity contribution < 1.29 is 14.6 Å². The molecule has 1 aliphatic carbocycles. The van der Waals surface area contributed by atoms with E-state index in [2.05, 4.69) is 0 Å². The third kappa shape index (κ3) is 3.56. The van der Waals surface area contributed by atoms with E-state index < -0.39 is 0 Å². The molecule has 18 heavy (non-hydrogen) atoms. The molecule has 0 heterocycles. The number of aromatic hydroxyl groups is 1. The molecule has 3 heteroatoms. The molecular weight excluding hydrogens is 228 g/mol. The summed E-state index contributed by atoms with van der Waals surface area (Å²) in [5.74, 6) is 1.60. The molecule has 0 saturated heterocycles. The molecule has 0 aliphatic heterocycles. The van der Waals surface area contributed by atoms with E-state index in [1.807, 2.05) is 13.8 Å². The van der Waals surface area contributed by atoms with Crippen molar-refractivity contribution in [3.63, 3.8) is 0 Å². The summed E-state index contributed by atoms with van der Waals surface area (Å²) in [5, 5.41) is 9.57. The van der Waals surface area contributed by atoms with Gasteiger partial charge in [0.15, 0.2) is 11.5 Å². The van der Waals surface area contributed by atoms with E-state index >= 15 is 0 Å². The van der Waals surface area contributed by atoms with Gasteiger partial charge in [-0.2, -0.15) is 0 Å². The van der Waals surface area contributed by atoms with Crippen LogP contribution in [0.1, 0.15) is 46.0 Å². The molecule has 1 aliphatic rings. The maximum atomic E-state index is 9.57. The van der Waals surface area contributed by atoms with Crippen molar-refractivity contribution >= 4 is 0 Å². The SMILES string of the molecule is CC(C)Oc1ccc(O)cc1OC1CCCCC1. The summed E-state index contributed by atoms with van der Waals surface area (Å²) in [6.45, 7) is 3.97. The summed E-state index contributed by atoms with van der Waals surface area (Å²) < 4.78 is 11.7. The van der Waals surface area contributed by atoms with Crippen LogP contribution in [-0.4, -0.2) is 17.3 Å². The standard InChI is InChI=1S/C15H22O3/c1-11(2)17-14-9-8-12(16)10-15(14)18-13-6-4-3-5-7-13/h8-11,13,16H,3-7H2,1-2H3. The van der Waals surface area contributed by atoms with Gasteiger partial charge in [-0.05, 0) is 51.7 Å². The van der Waals surface area contributed by atoms with Gasteiger partial charge in [-0.3, -0.25) is 0 Å². The largest absolute Gasteiger partial charge is 0.508 e. The Morgan fingerprint density at radius 2 is 1.83 bits per heavy atom. The minimum atomic E-state index is 0.100. The summed E-state index contributed by atoms with van der Waals surface area (Å²) in [6.07, 6.45) is 6.30. The Kier molecular flexibility index (Phi) is 4.34. The summed E-state index contributed by atoms with van der Waals surface area (Å²) in [6, 6.07) is 5.05. The molecule has 0 amide bonds. The molecule has 0 spiro atoms. The van der Waals surface area contributed by atoms with Gasteiger partial charge in [0.1, 0.15) is 5.75 Å². The van der Waals surface area contributed by atoms with Crippen molar-refractivity contribution in [3.8, 4) is 17.2 Å². The molecule has 0 radical (unpaired) electrons. The predicted octanol–water partition coefficient (Wildman–Crippen LogP) is 3.89. The van der Waals surface area contributed by atoms with Crippen LogP contribution in [0.5, 0.6) is 17.2 Å². The van der Waals surface area contributed by atoms with E-state index in [0.29, 0.717) is 11.5 Å². The maximum absolute atomic E-state index is 9.57. The molecule has 3 nitrogen and oxygen atoms in total. The highest BCUT2D eigenvalue weighted by Gasteiger charge is 2.17. The van der Waals surface area contributed by atoms with E-state index in [0.717, 1.165) is 12.8 Å². The fourth-order valence-electron chi connectivity index (χ4n) is 2.30. The van der Waals surface area contributed by atoms with Crippen LogP contribution >= 0.6 is 0 Å². The zero-order valence-electron chi connectivity index (χ0n) is 11.2. The van der Waals surface area contributed by atoms with Crippen LogP contribution in [0.2, 0.25) is 0 Å². The van der Waals surface area contributed by atoms with Gasteiger partial charge in [0.05, 0.1) is 12.2 Å². The lowest BCUT2D eigenvalue weighted by Crippen LogP contribution is -2.20. The van der Waals surface area contributed by atoms with Crippen LogP contribution in [0.3, 0.4) is 0 Å². The lowest BCUT2D eigenvalue weighted by Gasteiger charge is -2.24. The topological polar surface area (TPSA) is 38.7 Å². The Morgan fingerprint density at radius 1 is 1.11 bits per heavy atom. The highest BCUT2D eigenvalue weighted by Crippen LogP contribution is 2.34. The average Bonchev–Trinajstić information content (AvgIpc) is 2.33. The number of ether oxygens (including phenoxy) is 2. The van der Waals surface area contributed by atoms with Crippen LogP contribution in [0.15, 0.2) is 18.2 Å². The van der Waals surface area contributed by atoms with Gasteiger partial charge in [-0.1, -0.05) is 6.42 Å². The van der Waals surface area contributed by atoms with Gasteiger partial charge < -0.3 is 14.6 Å². The molecule has 2 rings (SSSR count). The van der Waals surface area contributed by atoms with Crippen LogP contribution in [0.4, 0.5) is 0 Å². The molecule has 100 valence electrons. The van der Waals surface area contributed by atoms with E-state index in [1.165, 1.54) is 19.3 Å². The zero-order chi connectivity index (χ0) is 13.0. The first-order valence-corrected chi connectivity index (χ1v) is 6.81. The molecule has 0 atom stereocenters. The Morgan fingerprint density at radius 3 is 2.50 bits per heavy atom. The zero-order valence-corrected chi connectivity index (χ0v) is 11.2. The van der Waals surface area contributed by atoms with Crippen molar-refractivity contribution in [2.75, 3.05) is 0 Å². The monoisotopic (exact) mass is 250 g/mol. The molecule has 1 aromatic carbocycles. The van der Waals surface area contributed by atoms with Crippen LogP contribution in [0.25, 0.3) is 0 Å². The Balaban J connectivity index is 2.10. The molecule has 0 aromatic heterocycles. The van der Waals surface area contributed by atoms with Crippen molar-refractivity contribution in [2.45, 2.75) is 58.2 Å². The van der Waals surface area contributed by atoms with Gasteiger partial charge in [-0.15, -0.1) is 0 Å². The fraction of sp³-hybridized carbons (Fsp3) is 0.600. The third-order valence-electron chi connectivity index (χ3n) is 3.14. The third-order valence-corrected chi connectivity index (χ3v) is 3.14. The molecule has 1 aromatic rings. The smallest absolute Gasteiger partial charge is 0.165 e. The highest BCUT2D eigenvalue weighted by atomic mass is 16.5. The maximum Gasteiger partial charge on any atom is 0.165 e. The number of hydrogen-bond donors (Lipinski definition) is 1. The number of benzene rings is 1. The van der Waals surface area contributed by atoms with Crippen LogP contribution < -0.4 is 9.47 Å². The van der Waals surface area contributed by atoms with Gasteiger partial charge in [-0.25, -0.2) is 0 Å². The second-order valence-electron chi connectivity index (χ2n) is 5.18. The van der Waals surface area contributed by atoms with Crippen molar-refractivity contribution in [1.82, 2.24) is 0 Å². The average molecular weight is 250 g/mol. The first-order valence-electron chi connectivity index (χ1n) is 6.81. The number of hydrogen-bond acceptors (Lipinski definition) is 3. The Hall–Kier alpha value is -1.38. The summed E-state index contributed by atoms with van der Waals surface area (Å²) >= 11 is 0. The Labute approximate surface area is 109 Å². The molecule has 0 unspecified atom stereocenters. The normalized spacial score (nSPS) is 16.8. The van der Waals surface area contributed by atoms with Crippen molar-refractivity contribution in [3.05, 3.63) is 18.2 Å². The van der Waals surface area contributed by atoms with E-state index in [9.17, 15) is 5.11 Å². The first kappa shape index (κ1) is 13.1. The summed E-state index contributed by atoms with van der Waals surface area (Å²) in [4.78, 5) is 0. The van der Waals surface area contributed by atoms with Crippen LogP contribution in [-0.2, 0) is 0 Å². The molecule has 1 fully saturated rings. The van der Waals surface area contributed by atoms with Crippen molar-refractivity contribution in [2.24, 2.45) is 0 Å². The fourth-order valence-corrected chi connectivity index (χ4v) is 2.30. The first-order chi connectivity index (χ1) is 8.65. The second kappa shape index (κ2) is 5.98. The molecule has 1 saturated carbocycles. The van der Waals surface area contributed by atoms with Gasteiger partial charge in [0.25, 0.3) is 0 Å². The lowest BCUT2D eigenvalue weighted by molar-refractivity contribution is 0.141. The van der Waals surface area contributed by atoms with Gasteiger partial charge in [0, 0.05) is 6.07 Å². The Bertz CT molecular complexity index is 381. The minimum Gasteiger partial charge on any atom is -0.508 e. The quantitative estimate of drug-likeness (QED) is 0.881. The summed E-state index contributed by atoms with van der Waals surface area (Å²) in [5.41, 5.74) is 0. The lowest BCUT2D eigenvalue weighted by atomic mass is 9.98. The molecule has 1 N–H and O–H groups in total. The van der Waals surface area contributed by atoms with E-state index in [-0.39, 0.29) is 18.0 Å². The van der Waals surface area contributed by atoms with Crippen LogP contribution in [0, 0.1) is 0 Å². The second-order valence-corrected chi connectivity index (χ2v) is 5.18. The highest BCUT2D eigenvalue weighted by molar-refractivity contribution is 5.45. The van der Waals surface area contributed by atoms with Crippen molar-refractivity contribution in [1.29, 1.82) is 0 Å². The molecule has 0 bridgehead atoms. The van der Waals surface area contributed by atoms with E-state index in [4.69, 9.17) is 9.47 Å². The minimum absolute atomic E-state index is 0.100. The number of rotatable bonds is 4. The van der Waals surface area contributed by atoms with Gasteiger partial charge >= 0.3 is 0 Å². The van der Waals surface area contributed by atoms with E-state index in [1.54, 1.807) is 18.2 Å². The number of phenols is 1. The predicted molar refractivity (Wildman–Crippen MR) is 71.4 cm³/mol. The number of phenolic OH excluding ortho intramolecular Hbond substituents is 1. The summed E-state index contributed by atoms with van der Waals surface area (Å²) in [7, 11) is 0. The molecular formula is C15H22O3. The van der Waals surface area contributed by atoms with Gasteiger partial charge in [0.2, 0.25) is 0 Å².